The fourth-order valence-electron chi connectivity index (χ4n) is 1.86. The zero-order valence-corrected chi connectivity index (χ0v) is 11.0. The van der Waals surface area contributed by atoms with Gasteiger partial charge in [0.2, 0.25) is 0 Å². The first kappa shape index (κ1) is 12.2. The van der Waals surface area contributed by atoms with E-state index in [0.29, 0.717) is 5.82 Å². The van der Waals surface area contributed by atoms with Gasteiger partial charge in [-0.05, 0) is 31.2 Å². The molecule has 5 heteroatoms. The first-order valence-electron chi connectivity index (χ1n) is 6.25. The summed E-state index contributed by atoms with van der Waals surface area (Å²) >= 11 is 0. The van der Waals surface area contributed by atoms with Crippen molar-refractivity contribution in [2.75, 3.05) is 5.32 Å². The van der Waals surface area contributed by atoms with Crippen LogP contribution in [0, 0.1) is 6.92 Å². The summed E-state index contributed by atoms with van der Waals surface area (Å²) < 4.78 is 0. The van der Waals surface area contributed by atoms with Gasteiger partial charge in [0.15, 0.2) is 0 Å². The molecule has 5 nitrogen and oxygen atoms in total. The molecule has 0 aliphatic rings. The number of pyridine rings is 2. The summed E-state index contributed by atoms with van der Waals surface area (Å²) in [7, 11) is 0. The van der Waals surface area contributed by atoms with E-state index in [0.717, 1.165) is 22.9 Å². The van der Waals surface area contributed by atoms with Gasteiger partial charge in [-0.25, -0.2) is 9.97 Å². The van der Waals surface area contributed by atoms with E-state index in [1.54, 1.807) is 18.6 Å². The van der Waals surface area contributed by atoms with Crippen LogP contribution in [-0.2, 0) is 0 Å². The lowest BCUT2D eigenvalue weighted by Gasteiger charge is -2.08. The van der Waals surface area contributed by atoms with Gasteiger partial charge in [0, 0.05) is 30.3 Å². The van der Waals surface area contributed by atoms with Gasteiger partial charge < -0.3 is 5.32 Å². The number of hydrogen-bond donors (Lipinski definition) is 1. The van der Waals surface area contributed by atoms with Crippen LogP contribution in [0.5, 0.6) is 0 Å². The highest BCUT2D eigenvalue weighted by atomic mass is 15.0. The van der Waals surface area contributed by atoms with Crippen molar-refractivity contribution >= 4 is 11.5 Å². The van der Waals surface area contributed by atoms with E-state index in [9.17, 15) is 0 Å². The van der Waals surface area contributed by atoms with Crippen LogP contribution >= 0.6 is 0 Å². The number of anilines is 2. The van der Waals surface area contributed by atoms with Gasteiger partial charge in [-0.2, -0.15) is 0 Å². The van der Waals surface area contributed by atoms with Crippen LogP contribution in [0.2, 0.25) is 0 Å². The molecule has 0 aliphatic carbocycles. The number of rotatable bonds is 3. The van der Waals surface area contributed by atoms with Gasteiger partial charge in [-0.15, -0.1) is 0 Å². The molecule has 98 valence electrons. The molecule has 0 fully saturated rings. The largest absolute Gasteiger partial charge is 0.340 e. The van der Waals surface area contributed by atoms with Gasteiger partial charge in [-0.3, -0.25) is 9.97 Å². The first-order valence-corrected chi connectivity index (χ1v) is 6.25. The maximum atomic E-state index is 4.42. The minimum atomic E-state index is 0.699. The highest BCUT2D eigenvalue weighted by Crippen LogP contribution is 2.20. The molecule has 0 spiro atoms. The molecule has 3 aromatic heterocycles. The van der Waals surface area contributed by atoms with Crippen molar-refractivity contribution in [3.8, 4) is 11.4 Å². The Morgan fingerprint density at radius 3 is 2.50 bits per heavy atom. The zero-order chi connectivity index (χ0) is 13.8. The SMILES string of the molecule is Cc1nc(Nc2ccncc2)cc(-c2ccccn2)n1. The predicted octanol–water partition coefficient (Wildman–Crippen LogP) is 2.99. The average molecular weight is 263 g/mol. The highest BCUT2D eigenvalue weighted by Gasteiger charge is 2.05. The molecule has 0 atom stereocenters. The zero-order valence-electron chi connectivity index (χ0n) is 11.0. The molecular weight excluding hydrogens is 250 g/mol. The topological polar surface area (TPSA) is 63.6 Å². The van der Waals surface area contributed by atoms with E-state index in [4.69, 9.17) is 0 Å². The second kappa shape index (κ2) is 5.44. The Labute approximate surface area is 116 Å². The summed E-state index contributed by atoms with van der Waals surface area (Å²) in [6.45, 7) is 1.87. The van der Waals surface area contributed by atoms with Gasteiger partial charge >= 0.3 is 0 Å². The third-order valence-corrected chi connectivity index (χ3v) is 2.72. The third kappa shape index (κ3) is 2.77. The lowest BCUT2D eigenvalue weighted by molar-refractivity contribution is 1.05. The Morgan fingerprint density at radius 2 is 1.75 bits per heavy atom. The van der Waals surface area contributed by atoms with Crippen molar-refractivity contribution in [3.05, 3.63) is 60.8 Å². The molecular formula is C15H13N5. The Bertz CT molecular complexity index is 698. The van der Waals surface area contributed by atoms with Crippen molar-refractivity contribution < 1.29 is 0 Å². The van der Waals surface area contributed by atoms with E-state index < -0.39 is 0 Å². The normalized spacial score (nSPS) is 10.2. The summed E-state index contributed by atoms with van der Waals surface area (Å²) in [5.41, 5.74) is 2.57. The number of nitrogens with zero attached hydrogens (tertiary/aromatic N) is 4. The molecule has 20 heavy (non-hydrogen) atoms. The minimum Gasteiger partial charge on any atom is -0.340 e. The van der Waals surface area contributed by atoms with Crippen molar-refractivity contribution in [2.24, 2.45) is 0 Å². The van der Waals surface area contributed by atoms with E-state index in [2.05, 4.69) is 25.3 Å². The fourth-order valence-corrected chi connectivity index (χ4v) is 1.86. The van der Waals surface area contributed by atoms with Crippen molar-refractivity contribution in [1.29, 1.82) is 0 Å². The standard InChI is InChI=1S/C15H13N5/c1-11-18-14(13-4-2-3-7-17-13)10-15(19-11)20-12-5-8-16-9-6-12/h2-10H,1H3,(H,16,18,19,20). The predicted molar refractivity (Wildman–Crippen MR) is 77.5 cm³/mol. The van der Waals surface area contributed by atoms with Crippen LogP contribution in [0.1, 0.15) is 5.82 Å². The summed E-state index contributed by atoms with van der Waals surface area (Å²) in [5, 5.41) is 3.24. The summed E-state index contributed by atoms with van der Waals surface area (Å²) in [6.07, 6.45) is 5.22. The van der Waals surface area contributed by atoms with E-state index >= 15 is 0 Å². The van der Waals surface area contributed by atoms with Crippen molar-refractivity contribution in [3.63, 3.8) is 0 Å². The fraction of sp³-hybridized carbons (Fsp3) is 0.0667. The van der Waals surface area contributed by atoms with E-state index in [1.807, 2.05) is 43.3 Å². The monoisotopic (exact) mass is 263 g/mol. The van der Waals surface area contributed by atoms with Gasteiger partial charge in [0.05, 0.1) is 11.4 Å². The lowest BCUT2D eigenvalue weighted by atomic mass is 10.2. The van der Waals surface area contributed by atoms with Crippen LogP contribution in [0.3, 0.4) is 0 Å². The molecule has 3 heterocycles. The first-order chi connectivity index (χ1) is 9.81. The molecule has 1 N–H and O–H groups in total. The molecule has 0 saturated heterocycles. The quantitative estimate of drug-likeness (QED) is 0.787. The Morgan fingerprint density at radius 1 is 0.900 bits per heavy atom. The Hall–Kier alpha value is -2.82. The minimum absolute atomic E-state index is 0.699. The molecule has 3 aromatic rings. The van der Waals surface area contributed by atoms with Gasteiger partial charge in [-0.1, -0.05) is 6.07 Å². The van der Waals surface area contributed by atoms with Crippen molar-refractivity contribution in [2.45, 2.75) is 6.92 Å². The summed E-state index contributed by atoms with van der Waals surface area (Å²) in [6, 6.07) is 11.4. The number of hydrogen-bond acceptors (Lipinski definition) is 5. The highest BCUT2D eigenvalue weighted by molar-refractivity contribution is 5.62. The average Bonchev–Trinajstić information content (AvgIpc) is 2.49. The molecule has 0 aromatic carbocycles. The summed E-state index contributed by atoms with van der Waals surface area (Å²) in [5.74, 6) is 1.44. The lowest BCUT2D eigenvalue weighted by Crippen LogP contribution is -1.99. The maximum absolute atomic E-state index is 4.42. The van der Waals surface area contributed by atoms with Crippen LogP contribution in [0.15, 0.2) is 55.0 Å². The second-order valence-electron chi connectivity index (χ2n) is 4.26. The molecule has 0 amide bonds. The van der Waals surface area contributed by atoms with Crippen molar-refractivity contribution in [1.82, 2.24) is 19.9 Å². The van der Waals surface area contributed by atoms with Crippen LogP contribution < -0.4 is 5.32 Å². The Balaban J connectivity index is 1.95. The van der Waals surface area contributed by atoms with Gasteiger partial charge in [0.1, 0.15) is 11.6 Å². The number of aromatic nitrogens is 4. The third-order valence-electron chi connectivity index (χ3n) is 2.72. The number of aryl methyl sites for hydroxylation is 1. The van der Waals surface area contributed by atoms with Crippen LogP contribution in [-0.4, -0.2) is 19.9 Å². The smallest absolute Gasteiger partial charge is 0.134 e. The van der Waals surface area contributed by atoms with Crippen LogP contribution in [0.25, 0.3) is 11.4 Å². The second-order valence-corrected chi connectivity index (χ2v) is 4.26. The number of nitrogens with one attached hydrogen (secondary N) is 1. The van der Waals surface area contributed by atoms with E-state index in [1.165, 1.54) is 0 Å². The summed E-state index contributed by atoms with van der Waals surface area (Å²) in [4.78, 5) is 17.1. The molecule has 0 bridgehead atoms. The van der Waals surface area contributed by atoms with E-state index in [-0.39, 0.29) is 0 Å². The Kier molecular flexibility index (Phi) is 3.33. The molecule has 0 aliphatic heterocycles. The van der Waals surface area contributed by atoms with Crippen LogP contribution in [0.4, 0.5) is 11.5 Å². The van der Waals surface area contributed by atoms with Gasteiger partial charge in [0.25, 0.3) is 0 Å². The molecule has 0 saturated carbocycles. The molecule has 3 rings (SSSR count). The maximum Gasteiger partial charge on any atom is 0.134 e. The molecule has 0 unspecified atom stereocenters. The molecule has 0 radical (unpaired) electrons.